The van der Waals surface area contributed by atoms with Crippen LogP contribution in [-0.2, 0) is 4.74 Å². The quantitative estimate of drug-likeness (QED) is 0.631. The topological polar surface area (TPSA) is 41.6 Å². The summed E-state index contributed by atoms with van der Waals surface area (Å²) in [6, 6.07) is 7.64. The van der Waals surface area contributed by atoms with Gasteiger partial charge in [-0.3, -0.25) is 9.69 Å². The van der Waals surface area contributed by atoms with Crippen LogP contribution >= 0.6 is 22.6 Å². The minimum atomic E-state index is 0.0203. The highest BCUT2D eigenvalue weighted by Crippen LogP contribution is 2.10. The first-order chi connectivity index (χ1) is 9.27. The van der Waals surface area contributed by atoms with Crippen LogP contribution in [0.25, 0.3) is 0 Å². The molecule has 0 aliphatic carbocycles. The molecule has 1 amide bonds. The maximum atomic E-state index is 12.0. The van der Waals surface area contributed by atoms with Crippen molar-refractivity contribution < 1.29 is 9.53 Å². The summed E-state index contributed by atoms with van der Waals surface area (Å²) < 4.78 is 6.29. The SMILES string of the molecule is O=C(NCCCN1CCOCC1)c1ccccc1I. The first-order valence-corrected chi connectivity index (χ1v) is 7.68. The lowest BCUT2D eigenvalue weighted by Crippen LogP contribution is -2.38. The zero-order valence-corrected chi connectivity index (χ0v) is 13.1. The number of rotatable bonds is 5. The van der Waals surface area contributed by atoms with Crippen LogP contribution in [-0.4, -0.2) is 50.2 Å². The fourth-order valence-corrected chi connectivity index (χ4v) is 2.70. The number of nitrogens with zero attached hydrogens (tertiary/aromatic N) is 1. The second-order valence-corrected chi connectivity index (χ2v) is 5.71. The first kappa shape index (κ1) is 14.7. The van der Waals surface area contributed by atoms with Crippen molar-refractivity contribution in [2.45, 2.75) is 6.42 Å². The Morgan fingerprint density at radius 2 is 2.05 bits per heavy atom. The molecular formula is C14H19IN2O2. The molecule has 0 radical (unpaired) electrons. The van der Waals surface area contributed by atoms with Crippen LogP contribution in [0.4, 0.5) is 0 Å². The number of amides is 1. The Kier molecular flexibility index (Phi) is 6.06. The number of hydrogen-bond donors (Lipinski definition) is 1. The second-order valence-electron chi connectivity index (χ2n) is 4.54. The number of morpholine rings is 1. The van der Waals surface area contributed by atoms with Crippen molar-refractivity contribution in [2.24, 2.45) is 0 Å². The highest BCUT2D eigenvalue weighted by atomic mass is 127. The van der Waals surface area contributed by atoms with E-state index in [0.29, 0.717) is 0 Å². The molecule has 4 nitrogen and oxygen atoms in total. The summed E-state index contributed by atoms with van der Waals surface area (Å²) in [7, 11) is 0. The van der Waals surface area contributed by atoms with Gasteiger partial charge in [0.05, 0.1) is 18.8 Å². The highest BCUT2D eigenvalue weighted by Gasteiger charge is 2.11. The van der Waals surface area contributed by atoms with E-state index in [1.54, 1.807) is 0 Å². The monoisotopic (exact) mass is 374 g/mol. The largest absolute Gasteiger partial charge is 0.379 e. The molecular weight excluding hydrogens is 355 g/mol. The predicted octanol–water partition coefficient (Wildman–Crippen LogP) is 1.74. The Morgan fingerprint density at radius 3 is 2.79 bits per heavy atom. The van der Waals surface area contributed by atoms with Gasteiger partial charge in [-0.15, -0.1) is 0 Å². The number of benzene rings is 1. The van der Waals surface area contributed by atoms with Crippen molar-refractivity contribution in [1.82, 2.24) is 10.2 Å². The van der Waals surface area contributed by atoms with E-state index in [1.165, 1.54) is 0 Å². The number of halogens is 1. The number of carbonyl (C=O) groups is 1. The Morgan fingerprint density at radius 1 is 1.32 bits per heavy atom. The third-order valence-electron chi connectivity index (χ3n) is 3.16. The van der Waals surface area contributed by atoms with Gasteiger partial charge in [0.2, 0.25) is 0 Å². The maximum Gasteiger partial charge on any atom is 0.252 e. The molecule has 0 aromatic heterocycles. The molecule has 1 heterocycles. The van der Waals surface area contributed by atoms with Crippen molar-refractivity contribution in [1.29, 1.82) is 0 Å². The summed E-state index contributed by atoms with van der Waals surface area (Å²) in [5.41, 5.74) is 0.759. The molecule has 1 aromatic rings. The van der Waals surface area contributed by atoms with E-state index in [9.17, 15) is 4.79 Å². The zero-order chi connectivity index (χ0) is 13.5. The molecule has 1 N–H and O–H groups in total. The first-order valence-electron chi connectivity index (χ1n) is 6.60. The van der Waals surface area contributed by atoms with Gasteiger partial charge in [0.15, 0.2) is 0 Å². The smallest absolute Gasteiger partial charge is 0.252 e. The Bertz CT molecular complexity index is 420. The summed E-state index contributed by atoms with van der Waals surface area (Å²) in [4.78, 5) is 14.3. The standard InChI is InChI=1S/C14H19IN2O2/c15-13-5-2-1-4-12(13)14(18)16-6-3-7-17-8-10-19-11-9-17/h1-2,4-5H,3,6-11H2,(H,16,18). The summed E-state index contributed by atoms with van der Waals surface area (Å²) in [5, 5.41) is 2.98. The zero-order valence-electron chi connectivity index (χ0n) is 10.9. The molecule has 1 saturated heterocycles. The van der Waals surface area contributed by atoms with Gasteiger partial charge in [0.25, 0.3) is 5.91 Å². The van der Waals surface area contributed by atoms with Gasteiger partial charge < -0.3 is 10.1 Å². The summed E-state index contributed by atoms with van der Waals surface area (Å²) in [6.07, 6.45) is 0.981. The van der Waals surface area contributed by atoms with Crippen LogP contribution in [0.5, 0.6) is 0 Å². The number of ether oxygens (including phenoxy) is 1. The molecule has 1 fully saturated rings. The van der Waals surface area contributed by atoms with Gasteiger partial charge in [-0.25, -0.2) is 0 Å². The highest BCUT2D eigenvalue weighted by molar-refractivity contribution is 14.1. The van der Waals surface area contributed by atoms with Crippen molar-refractivity contribution >= 4 is 28.5 Å². The van der Waals surface area contributed by atoms with E-state index < -0.39 is 0 Å². The van der Waals surface area contributed by atoms with Gasteiger partial charge >= 0.3 is 0 Å². The number of carbonyl (C=O) groups excluding carboxylic acids is 1. The number of nitrogens with one attached hydrogen (secondary N) is 1. The third-order valence-corrected chi connectivity index (χ3v) is 4.10. The average molecular weight is 374 g/mol. The second kappa shape index (κ2) is 7.81. The normalized spacial score (nSPS) is 16.3. The van der Waals surface area contributed by atoms with Gasteiger partial charge in [0, 0.05) is 23.2 Å². The summed E-state index contributed by atoms with van der Waals surface area (Å²) >= 11 is 2.19. The van der Waals surface area contributed by atoms with Crippen molar-refractivity contribution in [3.05, 3.63) is 33.4 Å². The maximum absolute atomic E-state index is 12.0. The lowest BCUT2D eigenvalue weighted by atomic mass is 10.2. The van der Waals surface area contributed by atoms with Crippen molar-refractivity contribution in [3.63, 3.8) is 0 Å². The third kappa shape index (κ3) is 4.74. The van der Waals surface area contributed by atoms with Crippen LogP contribution in [0.15, 0.2) is 24.3 Å². The fourth-order valence-electron chi connectivity index (χ4n) is 2.07. The minimum absolute atomic E-state index is 0.0203. The van der Waals surface area contributed by atoms with Crippen LogP contribution < -0.4 is 5.32 Å². The van der Waals surface area contributed by atoms with Gasteiger partial charge in [-0.05, 0) is 47.7 Å². The lowest BCUT2D eigenvalue weighted by molar-refractivity contribution is 0.0374. The van der Waals surface area contributed by atoms with E-state index in [0.717, 1.165) is 54.9 Å². The molecule has 1 aliphatic rings. The molecule has 0 unspecified atom stereocenters. The summed E-state index contributed by atoms with van der Waals surface area (Å²) in [5.74, 6) is 0.0203. The Balaban J connectivity index is 1.68. The van der Waals surface area contributed by atoms with E-state index in [4.69, 9.17) is 4.74 Å². The van der Waals surface area contributed by atoms with E-state index in [-0.39, 0.29) is 5.91 Å². The van der Waals surface area contributed by atoms with Gasteiger partial charge in [0.1, 0.15) is 0 Å². The van der Waals surface area contributed by atoms with E-state index in [1.807, 2.05) is 24.3 Å². The average Bonchev–Trinajstić information content (AvgIpc) is 2.45. The summed E-state index contributed by atoms with van der Waals surface area (Å²) in [6.45, 7) is 5.41. The van der Waals surface area contributed by atoms with Crippen LogP contribution in [0.1, 0.15) is 16.8 Å². The molecule has 19 heavy (non-hydrogen) atoms. The Labute approximate surface area is 127 Å². The van der Waals surface area contributed by atoms with Crippen LogP contribution in [0, 0.1) is 3.57 Å². The van der Waals surface area contributed by atoms with Crippen LogP contribution in [0.3, 0.4) is 0 Å². The van der Waals surface area contributed by atoms with Crippen molar-refractivity contribution in [2.75, 3.05) is 39.4 Å². The van der Waals surface area contributed by atoms with E-state index in [2.05, 4.69) is 32.8 Å². The molecule has 0 saturated carbocycles. The van der Waals surface area contributed by atoms with E-state index >= 15 is 0 Å². The molecule has 0 spiro atoms. The molecule has 2 rings (SSSR count). The number of hydrogen-bond acceptors (Lipinski definition) is 3. The van der Waals surface area contributed by atoms with Gasteiger partial charge in [-0.2, -0.15) is 0 Å². The lowest BCUT2D eigenvalue weighted by Gasteiger charge is -2.26. The molecule has 0 atom stereocenters. The Hall–Kier alpha value is -0.660. The predicted molar refractivity (Wildman–Crippen MR) is 83.4 cm³/mol. The van der Waals surface area contributed by atoms with Gasteiger partial charge in [-0.1, -0.05) is 12.1 Å². The fraction of sp³-hybridized carbons (Fsp3) is 0.500. The molecule has 1 aliphatic heterocycles. The van der Waals surface area contributed by atoms with Crippen LogP contribution in [0.2, 0.25) is 0 Å². The molecule has 5 heteroatoms. The minimum Gasteiger partial charge on any atom is -0.379 e. The molecule has 0 bridgehead atoms. The van der Waals surface area contributed by atoms with Crippen molar-refractivity contribution in [3.8, 4) is 0 Å². The molecule has 104 valence electrons. The molecule has 1 aromatic carbocycles.